The summed E-state index contributed by atoms with van der Waals surface area (Å²) in [6.45, 7) is 7.03. The second kappa shape index (κ2) is 8.15. The van der Waals surface area contributed by atoms with E-state index in [1.54, 1.807) is 7.05 Å². The lowest BCUT2D eigenvalue weighted by Gasteiger charge is -2.20. The Hall–Kier alpha value is -2.31. The van der Waals surface area contributed by atoms with Crippen molar-refractivity contribution in [3.8, 4) is 11.6 Å². The Morgan fingerprint density at radius 1 is 1.26 bits per heavy atom. The molecule has 1 unspecified atom stereocenters. The SMILES string of the molecule is CNC(=O)c1c(NC2CCOC2)cc(C)nc1Oc1c(C)cc(Cl)cc1C. The Bertz CT molecular complexity index is 841. The molecule has 1 fully saturated rings. The van der Waals surface area contributed by atoms with Gasteiger partial charge in [0.15, 0.2) is 0 Å². The first kappa shape index (κ1) is 19.5. The van der Waals surface area contributed by atoms with Gasteiger partial charge in [-0.3, -0.25) is 4.79 Å². The summed E-state index contributed by atoms with van der Waals surface area (Å²) in [7, 11) is 1.59. The van der Waals surface area contributed by atoms with E-state index in [4.69, 9.17) is 21.1 Å². The largest absolute Gasteiger partial charge is 0.438 e. The van der Waals surface area contributed by atoms with Crippen LogP contribution in [0.5, 0.6) is 11.6 Å². The topological polar surface area (TPSA) is 72.5 Å². The number of pyridine rings is 1. The molecule has 1 saturated heterocycles. The van der Waals surface area contributed by atoms with E-state index >= 15 is 0 Å². The van der Waals surface area contributed by atoms with E-state index in [1.165, 1.54) is 0 Å². The molecule has 0 spiro atoms. The number of aromatic nitrogens is 1. The minimum atomic E-state index is -0.261. The van der Waals surface area contributed by atoms with Gasteiger partial charge in [0.25, 0.3) is 5.91 Å². The molecule has 0 radical (unpaired) electrons. The second-order valence-electron chi connectivity index (χ2n) is 6.75. The molecule has 1 aromatic heterocycles. The summed E-state index contributed by atoms with van der Waals surface area (Å²) in [4.78, 5) is 17.1. The number of hydrogen-bond acceptors (Lipinski definition) is 5. The predicted molar refractivity (Wildman–Crippen MR) is 106 cm³/mol. The van der Waals surface area contributed by atoms with Gasteiger partial charge >= 0.3 is 0 Å². The zero-order chi connectivity index (χ0) is 19.6. The summed E-state index contributed by atoms with van der Waals surface area (Å²) in [5.41, 5.74) is 3.58. The minimum absolute atomic E-state index is 0.155. The number of anilines is 1. The molecule has 6 nitrogen and oxygen atoms in total. The number of nitrogens with one attached hydrogen (secondary N) is 2. The summed E-state index contributed by atoms with van der Waals surface area (Å²) in [6, 6.07) is 5.67. The molecule has 1 atom stereocenters. The molecular formula is C20H24ClN3O3. The standard InChI is InChI=1S/C20H24ClN3O3/c1-11-7-14(21)8-12(2)18(11)27-20-17(19(25)22-4)16(9-13(3)23-20)24-15-5-6-26-10-15/h7-9,15H,5-6,10H2,1-4H3,(H,22,25)(H,23,24). The fourth-order valence-electron chi connectivity index (χ4n) is 3.20. The van der Waals surface area contributed by atoms with Crippen LogP contribution in [0.3, 0.4) is 0 Å². The Morgan fingerprint density at radius 2 is 1.96 bits per heavy atom. The van der Waals surface area contributed by atoms with Crippen molar-refractivity contribution in [1.29, 1.82) is 0 Å². The molecule has 2 heterocycles. The highest BCUT2D eigenvalue weighted by Crippen LogP contribution is 2.35. The normalized spacial score (nSPS) is 16.3. The van der Waals surface area contributed by atoms with Crippen LogP contribution in [0.1, 0.15) is 33.6 Å². The van der Waals surface area contributed by atoms with Gasteiger partial charge in [-0.2, -0.15) is 0 Å². The molecule has 1 aliphatic rings. The third-order valence-corrected chi connectivity index (χ3v) is 4.70. The molecule has 1 amide bonds. The predicted octanol–water partition coefficient (Wildman–Crippen LogP) is 4.01. The van der Waals surface area contributed by atoms with Gasteiger partial charge < -0.3 is 20.1 Å². The fraction of sp³-hybridized carbons (Fsp3) is 0.400. The summed E-state index contributed by atoms with van der Waals surface area (Å²) in [5.74, 6) is 0.658. The number of halogens is 1. The first-order valence-corrected chi connectivity index (χ1v) is 9.29. The van der Waals surface area contributed by atoms with Gasteiger partial charge in [0.1, 0.15) is 11.3 Å². The van der Waals surface area contributed by atoms with Crippen LogP contribution < -0.4 is 15.4 Å². The number of carbonyl (C=O) groups is 1. The molecule has 144 valence electrons. The van der Waals surface area contributed by atoms with E-state index in [2.05, 4.69) is 15.6 Å². The number of benzene rings is 1. The molecule has 27 heavy (non-hydrogen) atoms. The van der Waals surface area contributed by atoms with Crippen molar-refractivity contribution in [1.82, 2.24) is 10.3 Å². The molecule has 1 aromatic carbocycles. The Balaban J connectivity index is 2.05. The number of rotatable bonds is 5. The Morgan fingerprint density at radius 3 is 2.56 bits per heavy atom. The maximum absolute atomic E-state index is 12.6. The molecule has 7 heteroatoms. The van der Waals surface area contributed by atoms with E-state index in [0.717, 1.165) is 23.2 Å². The molecule has 1 aliphatic heterocycles. The number of nitrogens with zero attached hydrogens (tertiary/aromatic N) is 1. The van der Waals surface area contributed by atoms with Crippen LogP contribution in [0.15, 0.2) is 18.2 Å². The minimum Gasteiger partial charge on any atom is -0.438 e. The zero-order valence-corrected chi connectivity index (χ0v) is 16.7. The Labute approximate surface area is 164 Å². The highest BCUT2D eigenvalue weighted by Gasteiger charge is 2.24. The quantitative estimate of drug-likeness (QED) is 0.808. The van der Waals surface area contributed by atoms with Gasteiger partial charge in [0, 0.05) is 24.4 Å². The smallest absolute Gasteiger partial charge is 0.258 e. The van der Waals surface area contributed by atoms with Gasteiger partial charge in [-0.15, -0.1) is 0 Å². The van der Waals surface area contributed by atoms with Crippen molar-refractivity contribution in [2.45, 2.75) is 33.2 Å². The van der Waals surface area contributed by atoms with Gasteiger partial charge in [0.2, 0.25) is 5.88 Å². The summed E-state index contributed by atoms with van der Waals surface area (Å²) < 4.78 is 11.6. The first-order chi connectivity index (χ1) is 12.9. The van der Waals surface area contributed by atoms with Gasteiger partial charge in [-0.25, -0.2) is 4.98 Å². The molecule has 0 saturated carbocycles. The average molecular weight is 390 g/mol. The van der Waals surface area contributed by atoms with Crippen LogP contribution in [-0.4, -0.2) is 37.2 Å². The van der Waals surface area contributed by atoms with Crippen molar-refractivity contribution in [3.63, 3.8) is 0 Å². The molecule has 2 aromatic rings. The summed E-state index contributed by atoms with van der Waals surface area (Å²) in [6.07, 6.45) is 0.889. The Kier molecular flexibility index (Phi) is 5.87. The number of carbonyl (C=O) groups excluding carboxylic acids is 1. The van der Waals surface area contributed by atoms with Gasteiger partial charge in [-0.05, 0) is 56.5 Å². The highest BCUT2D eigenvalue weighted by molar-refractivity contribution is 6.30. The molecule has 3 rings (SSSR count). The lowest BCUT2D eigenvalue weighted by atomic mass is 10.1. The summed E-state index contributed by atoms with van der Waals surface area (Å²) >= 11 is 6.12. The third-order valence-electron chi connectivity index (χ3n) is 4.48. The van der Waals surface area contributed by atoms with E-state index in [1.807, 2.05) is 39.0 Å². The van der Waals surface area contributed by atoms with Crippen LogP contribution in [0.4, 0.5) is 5.69 Å². The van der Waals surface area contributed by atoms with E-state index < -0.39 is 0 Å². The van der Waals surface area contributed by atoms with Crippen LogP contribution in [0, 0.1) is 20.8 Å². The van der Waals surface area contributed by atoms with Crippen molar-refractivity contribution in [2.75, 3.05) is 25.6 Å². The maximum Gasteiger partial charge on any atom is 0.258 e. The fourth-order valence-corrected chi connectivity index (χ4v) is 3.53. The van der Waals surface area contributed by atoms with Gasteiger partial charge in [-0.1, -0.05) is 11.6 Å². The number of ether oxygens (including phenoxy) is 2. The molecule has 2 N–H and O–H groups in total. The summed E-state index contributed by atoms with van der Waals surface area (Å²) in [5, 5.41) is 6.73. The van der Waals surface area contributed by atoms with Crippen molar-refractivity contribution in [3.05, 3.63) is 45.6 Å². The van der Waals surface area contributed by atoms with Gasteiger partial charge in [0.05, 0.1) is 18.3 Å². The van der Waals surface area contributed by atoms with E-state index in [-0.39, 0.29) is 17.8 Å². The average Bonchev–Trinajstić information content (AvgIpc) is 3.10. The lowest BCUT2D eigenvalue weighted by Crippen LogP contribution is -2.25. The second-order valence-corrected chi connectivity index (χ2v) is 7.18. The van der Waals surface area contributed by atoms with E-state index in [0.29, 0.717) is 35.2 Å². The van der Waals surface area contributed by atoms with Crippen LogP contribution >= 0.6 is 11.6 Å². The van der Waals surface area contributed by atoms with Crippen molar-refractivity contribution < 1.29 is 14.3 Å². The monoisotopic (exact) mass is 389 g/mol. The molecule has 0 bridgehead atoms. The molecular weight excluding hydrogens is 366 g/mol. The zero-order valence-electron chi connectivity index (χ0n) is 16.0. The lowest BCUT2D eigenvalue weighted by molar-refractivity contribution is 0.0961. The number of amides is 1. The highest BCUT2D eigenvalue weighted by atomic mass is 35.5. The van der Waals surface area contributed by atoms with Crippen LogP contribution in [0.2, 0.25) is 5.02 Å². The van der Waals surface area contributed by atoms with Crippen LogP contribution in [0.25, 0.3) is 0 Å². The van der Waals surface area contributed by atoms with Crippen molar-refractivity contribution >= 4 is 23.2 Å². The molecule has 0 aliphatic carbocycles. The first-order valence-electron chi connectivity index (χ1n) is 8.91. The number of hydrogen-bond donors (Lipinski definition) is 2. The van der Waals surface area contributed by atoms with Crippen LogP contribution in [-0.2, 0) is 4.74 Å². The maximum atomic E-state index is 12.6. The third kappa shape index (κ3) is 4.34. The number of aryl methyl sites for hydroxylation is 3. The van der Waals surface area contributed by atoms with Crippen molar-refractivity contribution in [2.24, 2.45) is 0 Å². The van der Waals surface area contributed by atoms with E-state index in [9.17, 15) is 4.79 Å².